The molecule has 30 heavy (non-hydrogen) atoms. The van der Waals surface area contributed by atoms with Gasteiger partial charge in [-0.15, -0.1) is 0 Å². The van der Waals surface area contributed by atoms with E-state index in [1.165, 1.54) is 44.5 Å². The third-order valence-corrected chi connectivity index (χ3v) is 4.90. The largest absolute Gasteiger partial charge is 0.395 e. The molecule has 0 aliphatic heterocycles. The molecule has 10 heteroatoms. The predicted molar refractivity (Wildman–Crippen MR) is 114 cm³/mol. The second-order valence-corrected chi connectivity index (χ2v) is 7.44. The quantitative estimate of drug-likeness (QED) is 0.198. The van der Waals surface area contributed by atoms with Crippen molar-refractivity contribution in [2.45, 2.75) is 63.8 Å². The van der Waals surface area contributed by atoms with Crippen molar-refractivity contribution in [3.63, 3.8) is 0 Å². The normalized spacial score (nSPS) is 12.3. The molecule has 168 valence electrons. The van der Waals surface area contributed by atoms with Gasteiger partial charge in [-0.3, -0.25) is 10.1 Å². The van der Waals surface area contributed by atoms with E-state index in [1.54, 1.807) is 0 Å². The topological polar surface area (TPSA) is 150 Å². The summed E-state index contributed by atoms with van der Waals surface area (Å²) in [6.45, 7) is 1.86. The van der Waals surface area contributed by atoms with E-state index in [0.29, 0.717) is 24.4 Å². The lowest BCUT2D eigenvalue weighted by Crippen LogP contribution is -2.30. The molecule has 0 amide bonds. The van der Waals surface area contributed by atoms with Crippen molar-refractivity contribution in [2.75, 3.05) is 31.7 Å². The first kappa shape index (κ1) is 24.0. The van der Waals surface area contributed by atoms with Gasteiger partial charge in [0.1, 0.15) is 12.0 Å². The van der Waals surface area contributed by atoms with Crippen LogP contribution in [0.15, 0.2) is 16.9 Å². The Morgan fingerprint density at radius 1 is 1.13 bits per heavy atom. The van der Waals surface area contributed by atoms with Gasteiger partial charge in [0.2, 0.25) is 5.58 Å². The molecular formula is C20H33N5O5. The van der Waals surface area contributed by atoms with Gasteiger partial charge in [-0.2, -0.15) is 0 Å². The number of nitro groups is 1. The van der Waals surface area contributed by atoms with Crippen LogP contribution >= 0.6 is 0 Å². The first-order valence-electron chi connectivity index (χ1n) is 10.7. The fourth-order valence-electron chi connectivity index (χ4n) is 3.18. The summed E-state index contributed by atoms with van der Waals surface area (Å²) in [6.07, 6.45) is 13.1. The molecule has 0 aromatic carbocycles. The van der Waals surface area contributed by atoms with Crippen LogP contribution in [0.4, 0.5) is 11.5 Å². The minimum atomic E-state index is -0.521. The van der Waals surface area contributed by atoms with Crippen LogP contribution in [0.25, 0.3) is 11.0 Å². The number of hydrogen-bond donors (Lipinski definition) is 3. The zero-order valence-corrected chi connectivity index (χ0v) is 17.4. The number of ether oxygens (including phenoxy) is 1. The van der Waals surface area contributed by atoms with Crippen LogP contribution in [0.1, 0.15) is 57.8 Å². The molecule has 2 rings (SSSR count). The van der Waals surface area contributed by atoms with Gasteiger partial charge in [0.15, 0.2) is 0 Å². The summed E-state index contributed by atoms with van der Waals surface area (Å²) in [5, 5.41) is 27.2. The summed E-state index contributed by atoms with van der Waals surface area (Å²) < 4.78 is 10.4. The molecule has 0 fully saturated rings. The molecule has 1 atom stereocenters. The highest BCUT2D eigenvalue weighted by Gasteiger charge is 2.19. The van der Waals surface area contributed by atoms with Crippen LogP contribution in [-0.2, 0) is 4.74 Å². The highest BCUT2D eigenvalue weighted by molar-refractivity contribution is 5.92. The Labute approximate surface area is 176 Å². The molecule has 0 bridgehead atoms. The minimum absolute atomic E-state index is 0.0320. The van der Waals surface area contributed by atoms with Crippen molar-refractivity contribution >= 4 is 22.5 Å². The summed E-state index contributed by atoms with van der Waals surface area (Å²) in [7, 11) is 0. The molecule has 10 nitrogen and oxygen atoms in total. The lowest BCUT2D eigenvalue weighted by atomic mass is 10.1. The van der Waals surface area contributed by atoms with Crippen LogP contribution in [0.3, 0.4) is 0 Å². The maximum absolute atomic E-state index is 11.0. The smallest absolute Gasteiger partial charge is 0.333 e. The van der Waals surface area contributed by atoms with Crippen molar-refractivity contribution in [3.8, 4) is 0 Å². The first-order valence-corrected chi connectivity index (χ1v) is 10.7. The number of rotatable bonds is 17. The molecule has 0 aliphatic carbocycles. The number of aliphatic hydroxyl groups is 1. The lowest BCUT2D eigenvalue weighted by Gasteiger charge is -2.08. The number of fused-ring (bicyclic) bond motifs is 1. The monoisotopic (exact) mass is 423 g/mol. The Hall–Kier alpha value is -2.30. The Morgan fingerprint density at radius 2 is 1.80 bits per heavy atom. The number of unbranched alkanes of at least 4 members (excludes halogenated alkanes) is 8. The molecule has 0 radical (unpaired) electrons. The van der Waals surface area contributed by atoms with E-state index in [-0.39, 0.29) is 23.9 Å². The Morgan fingerprint density at radius 3 is 2.47 bits per heavy atom. The number of pyridine rings is 1. The number of aliphatic hydroxyl groups excluding tert-OH is 1. The lowest BCUT2D eigenvalue weighted by molar-refractivity contribution is -0.384. The second kappa shape index (κ2) is 13.8. The van der Waals surface area contributed by atoms with Crippen LogP contribution in [0, 0.1) is 10.1 Å². The average molecular weight is 424 g/mol. The average Bonchev–Trinajstić information content (AvgIpc) is 3.23. The third-order valence-electron chi connectivity index (χ3n) is 4.90. The third kappa shape index (κ3) is 8.21. The predicted octanol–water partition coefficient (Wildman–Crippen LogP) is 3.39. The van der Waals surface area contributed by atoms with Crippen LogP contribution in [-0.4, -0.2) is 52.6 Å². The van der Waals surface area contributed by atoms with Crippen LogP contribution in [0.5, 0.6) is 0 Å². The van der Waals surface area contributed by atoms with Gasteiger partial charge in [-0.25, -0.2) is 4.98 Å². The second-order valence-electron chi connectivity index (χ2n) is 7.44. The minimum Gasteiger partial charge on any atom is -0.395 e. The molecule has 0 unspecified atom stereocenters. The van der Waals surface area contributed by atoms with E-state index in [2.05, 4.69) is 15.5 Å². The zero-order valence-electron chi connectivity index (χ0n) is 17.4. The highest BCUT2D eigenvalue weighted by atomic mass is 16.6. The van der Waals surface area contributed by atoms with Crippen molar-refractivity contribution in [3.05, 3.63) is 22.5 Å². The number of nitrogens with two attached hydrogens (primary N) is 1. The number of anilines is 1. The van der Waals surface area contributed by atoms with Crippen LogP contribution < -0.4 is 11.1 Å². The maximum Gasteiger partial charge on any atom is 0.333 e. The van der Waals surface area contributed by atoms with E-state index < -0.39 is 4.92 Å². The standard InChI is InChI=1S/C20H33N5O5/c21-16(14-26)15-29-11-9-7-5-3-1-2-4-6-8-10-22-20-17-12-24-30-19(17)18(13-23-20)25(27)28/h12-13,16,26H,1-11,14-15,21H2,(H,22,23)/t16-/m0/s1. The summed E-state index contributed by atoms with van der Waals surface area (Å²) in [5.74, 6) is 0.569. The Kier molecular flexibility index (Phi) is 11.1. The maximum atomic E-state index is 11.0. The number of aromatic nitrogens is 2. The zero-order chi connectivity index (χ0) is 21.6. The number of nitrogens with one attached hydrogen (secondary N) is 1. The molecule has 2 aromatic heterocycles. The molecule has 2 aromatic rings. The van der Waals surface area contributed by atoms with Crippen molar-refractivity contribution in [1.82, 2.24) is 10.1 Å². The van der Waals surface area contributed by atoms with E-state index in [1.807, 2.05) is 0 Å². The summed E-state index contributed by atoms with van der Waals surface area (Å²) in [6, 6.07) is -0.269. The van der Waals surface area contributed by atoms with Gasteiger partial charge >= 0.3 is 5.69 Å². The molecule has 0 saturated heterocycles. The summed E-state index contributed by atoms with van der Waals surface area (Å²) in [5.41, 5.74) is 5.54. The van der Waals surface area contributed by atoms with E-state index in [9.17, 15) is 10.1 Å². The molecule has 0 aliphatic rings. The number of nitrogens with zero attached hydrogens (tertiary/aromatic N) is 3. The van der Waals surface area contributed by atoms with Gasteiger partial charge in [-0.1, -0.05) is 50.1 Å². The fourth-order valence-corrected chi connectivity index (χ4v) is 3.18. The van der Waals surface area contributed by atoms with Crippen LogP contribution in [0.2, 0.25) is 0 Å². The molecule has 0 saturated carbocycles. The first-order chi connectivity index (χ1) is 14.6. The molecule has 0 spiro atoms. The van der Waals surface area contributed by atoms with E-state index in [4.69, 9.17) is 20.1 Å². The van der Waals surface area contributed by atoms with Gasteiger partial charge in [0.25, 0.3) is 0 Å². The molecule has 2 heterocycles. The molecular weight excluding hydrogens is 390 g/mol. The van der Waals surface area contributed by atoms with Crippen molar-refractivity contribution < 1.29 is 19.3 Å². The summed E-state index contributed by atoms with van der Waals surface area (Å²) in [4.78, 5) is 14.6. The molecule has 4 N–H and O–H groups in total. The van der Waals surface area contributed by atoms with E-state index >= 15 is 0 Å². The van der Waals surface area contributed by atoms with Crippen molar-refractivity contribution in [1.29, 1.82) is 0 Å². The summed E-state index contributed by atoms with van der Waals surface area (Å²) >= 11 is 0. The highest BCUT2D eigenvalue weighted by Crippen LogP contribution is 2.29. The Balaban J connectivity index is 1.46. The fraction of sp³-hybridized carbons (Fsp3) is 0.700. The Bertz CT molecular complexity index is 754. The van der Waals surface area contributed by atoms with Gasteiger partial charge < -0.3 is 25.4 Å². The number of hydrogen-bond acceptors (Lipinski definition) is 9. The van der Waals surface area contributed by atoms with E-state index in [0.717, 1.165) is 32.2 Å². The van der Waals surface area contributed by atoms with Gasteiger partial charge in [-0.05, 0) is 12.8 Å². The van der Waals surface area contributed by atoms with Gasteiger partial charge in [0, 0.05) is 13.2 Å². The SMILES string of the molecule is N[C@@H](CO)COCCCCCCCCCCCNc1ncc([N+](=O)[O-])c2oncc12. The van der Waals surface area contributed by atoms with Gasteiger partial charge in [0.05, 0.1) is 35.8 Å². The van der Waals surface area contributed by atoms with Crippen molar-refractivity contribution in [2.24, 2.45) is 5.73 Å².